The van der Waals surface area contributed by atoms with Crippen molar-refractivity contribution in [1.82, 2.24) is 4.90 Å². The Bertz CT molecular complexity index is 636. The van der Waals surface area contributed by atoms with Crippen molar-refractivity contribution < 1.29 is 4.79 Å². The van der Waals surface area contributed by atoms with Crippen molar-refractivity contribution in [1.29, 1.82) is 0 Å². The lowest BCUT2D eigenvalue weighted by Crippen LogP contribution is -2.35. The standard InChI is InChI=1S/C16H18N2O/c1-17-10-5-11-18(2)16(19)15-13-7-4-3-6-12(13)8-9-14(15)17/h3-4,6-9H,5,10-11H2,1-2H3. The number of hydrogen-bond acceptors (Lipinski definition) is 2. The van der Waals surface area contributed by atoms with Crippen molar-refractivity contribution in [3.8, 4) is 0 Å². The van der Waals surface area contributed by atoms with Gasteiger partial charge in [-0.05, 0) is 23.3 Å². The van der Waals surface area contributed by atoms with Crippen molar-refractivity contribution in [2.45, 2.75) is 6.42 Å². The van der Waals surface area contributed by atoms with Gasteiger partial charge < -0.3 is 9.80 Å². The molecule has 0 radical (unpaired) electrons. The van der Waals surface area contributed by atoms with Gasteiger partial charge in [0.05, 0.1) is 5.56 Å². The molecule has 0 bridgehead atoms. The lowest BCUT2D eigenvalue weighted by Gasteiger charge is -2.29. The predicted octanol–water partition coefficient (Wildman–Crippen LogP) is 2.75. The van der Waals surface area contributed by atoms with Crippen molar-refractivity contribution in [2.24, 2.45) is 0 Å². The van der Waals surface area contributed by atoms with E-state index in [9.17, 15) is 4.79 Å². The molecule has 0 N–H and O–H groups in total. The zero-order valence-corrected chi connectivity index (χ0v) is 11.4. The highest BCUT2D eigenvalue weighted by Crippen LogP contribution is 2.30. The summed E-state index contributed by atoms with van der Waals surface area (Å²) >= 11 is 0. The molecular formula is C16H18N2O. The van der Waals surface area contributed by atoms with E-state index in [0.717, 1.165) is 41.5 Å². The molecule has 1 amide bonds. The Morgan fingerprint density at radius 2 is 1.68 bits per heavy atom. The molecule has 1 aliphatic rings. The van der Waals surface area contributed by atoms with E-state index in [4.69, 9.17) is 0 Å². The summed E-state index contributed by atoms with van der Waals surface area (Å²) in [6.45, 7) is 1.79. The highest BCUT2D eigenvalue weighted by atomic mass is 16.2. The van der Waals surface area contributed by atoms with E-state index in [0.29, 0.717) is 0 Å². The molecule has 0 aromatic heterocycles. The number of hydrogen-bond donors (Lipinski definition) is 0. The van der Waals surface area contributed by atoms with E-state index in [2.05, 4.69) is 30.1 Å². The second-order valence-corrected chi connectivity index (χ2v) is 5.18. The number of amides is 1. The Morgan fingerprint density at radius 1 is 0.947 bits per heavy atom. The van der Waals surface area contributed by atoms with Crippen LogP contribution in [0.25, 0.3) is 10.8 Å². The summed E-state index contributed by atoms with van der Waals surface area (Å²) in [4.78, 5) is 16.7. The van der Waals surface area contributed by atoms with E-state index in [1.54, 1.807) is 0 Å². The van der Waals surface area contributed by atoms with Crippen LogP contribution >= 0.6 is 0 Å². The molecule has 0 atom stereocenters. The van der Waals surface area contributed by atoms with Crippen molar-refractivity contribution in [2.75, 3.05) is 32.1 Å². The highest BCUT2D eigenvalue weighted by Gasteiger charge is 2.22. The molecule has 0 unspecified atom stereocenters. The Kier molecular flexibility index (Phi) is 2.90. The molecule has 3 nitrogen and oxygen atoms in total. The van der Waals surface area contributed by atoms with Gasteiger partial charge in [0.1, 0.15) is 0 Å². The van der Waals surface area contributed by atoms with Crippen LogP contribution in [0.1, 0.15) is 16.8 Å². The number of fused-ring (bicyclic) bond motifs is 3. The molecule has 19 heavy (non-hydrogen) atoms. The van der Waals surface area contributed by atoms with Gasteiger partial charge in [-0.25, -0.2) is 0 Å². The maximum atomic E-state index is 12.6. The fourth-order valence-corrected chi connectivity index (χ4v) is 2.76. The van der Waals surface area contributed by atoms with Gasteiger partial charge in [0.2, 0.25) is 0 Å². The summed E-state index contributed by atoms with van der Waals surface area (Å²) in [5, 5.41) is 2.17. The monoisotopic (exact) mass is 254 g/mol. The van der Waals surface area contributed by atoms with Crippen molar-refractivity contribution in [3.63, 3.8) is 0 Å². The number of nitrogens with zero attached hydrogens (tertiary/aromatic N) is 2. The van der Waals surface area contributed by atoms with Crippen LogP contribution in [0, 0.1) is 0 Å². The quantitative estimate of drug-likeness (QED) is 0.721. The topological polar surface area (TPSA) is 23.6 Å². The van der Waals surface area contributed by atoms with Gasteiger partial charge in [-0.2, -0.15) is 0 Å². The molecule has 1 heterocycles. The molecule has 98 valence electrons. The number of rotatable bonds is 0. The van der Waals surface area contributed by atoms with Crippen LogP contribution in [-0.2, 0) is 0 Å². The average Bonchev–Trinajstić information content (AvgIpc) is 2.44. The van der Waals surface area contributed by atoms with Crippen LogP contribution in [0.15, 0.2) is 36.4 Å². The van der Waals surface area contributed by atoms with Crippen LogP contribution in [0.5, 0.6) is 0 Å². The number of anilines is 1. The van der Waals surface area contributed by atoms with Crippen LogP contribution < -0.4 is 4.90 Å². The molecule has 0 saturated carbocycles. The van der Waals surface area contributed by atoms with Gasteiger partial charge in [0, 0.05) is 32.9 Å². The van der Waals surface area contributed by atoms with Crippen LogP contribution in [0.4, 0.5) is 5.69 Å². The first kappa shape index (κ1) is 12.0. The van der Waals surface area contributed by atoms with Crippen LogP contribution in [0.2, 0.25) is 0 Å². The Labute approximate surface area is 113 Å². The van der Waals surface area contributed by atoms with Gasteiger partial charge >= 0.3 is 0 Å². The summed E-state index contributed by atoms with van der Waals surface area (Å²) in [5.74, 6) is 0.123. The third kappa shape index (κ3) is 1.95. The highest BCUT2D eigenvalue weighted by molar-refractivity contribution is 6.11. The van der Waals surface area contributed by atoms with Crippen molar-refractivity contribution >= 4 is 22.4 Å². The second-order valence-electron chi connectivity index (χ2n) is 5.18. The molecule has 2 aromatic rings. The van der Waals surface area contributed by atoms with Crippen LogP contribution in [-0.4, -0.2) is 38.0 Å². The summed E-state index contributed by atoms with van der Waals surface area (Å²) in [6.07, 6.45) is 1.00. The molecular weight excluding hydrogens is 236 g/mol. The van der Waals surface area contributed by atoms with Gasteiger partial charge in [0.15, 0.2) is 0 Å². The van der Waals surface area contributed by atoms with Gasteiger partial charge in [-0.3, -0.25) is 4.79 Å². The number of benzene rings is 2. The summed E-state index contributed by atoms with van der Waals surface area (Å²) in [6, 6.07) is 12.3. The zero-order chi connectivity index (χ0) is 13.4. The third-order valence-corrected chi connectivity index (χ3v) is 3.87. The van der Waals surface area contributed by atoms with Gasteiger partial charge in [-0.15, -0.1) is 0 Å². The van der Waals surface area contributed by atoms with E-state index in [-0.39, 0.29) is 5.91 Å². The zero-order valence-electron chi connectivity index (χ0n) is 11.4. The number of carbonyl (C=O) groups excluding carboxylic acids is 1. The maximum Gasteiger partial charge on any atom is 0.256 e. The molecule has 2 aromatic carbocycles. The Morgan fingerprint density at radius 3 is 2.53 bits per heavy atom. The lowest BCUT2D eigenvalue weighted by molar-refractivity contribution is 0.0794. The molecule has 3 rings (SSSR count). The van der Waals surface area contributed by atoms with Crippen molar-refractivity contribution in [3.05, 3.63) is 42.0 Å². The maximum absolute atomic E-state index is 12.6. The molecule has 0 saturated heterocycles. The Balaban J connectivity index is 2.31. The van der Waals surface area contributed by atoms with Gasteiger partial charge in [0.25, 0.3) is 5.91 Å². The van der Waals surface area contributed by atoms with E-state index < -0.39 is 0 Å². The molecule has 0 fully saturated rings. The largest absolute Gasteiger partial charge is 0.374 e. The summed E-state index contributed by atoms with van der Waals surface area (Å²) < 4.78 is 0. The smallest absolute Gasteiger partial charge is 0.256 e. The van der Waals surface area contributed by atoms with Gasteiger partial charge in [-0.1, -0.05) is 30.3 Å². The van der Waals surface area contributed by atoms with Crippen LogP contribution in [0.3, 0.4) is 0 Å². The minimum absolute atomic E-state index is 0.123. The Hall–Kier alpha value is -2.03. The fraction of sp³-hybridized carbons (Fsp3) is 0.312. The number of carbonyl (C=O) groups is 1. The first-order chi connectivity index (χ1) is 9.18. The molecule has 3 heteroatoms. The van der Waals surface area contributed by atoms with E-state index >= 15 is 0 Å². The first-order valence-corrected chi connectivity index (χ1v) is 6.67. The van der Waals surface area contributed by atoms with E-state index in [1.807, 2.05) is 30.1 Å². The minimum Gasteiger partial charge on any atom is -0.374 e. The normalized spacial score (nSPS) is 16.2. The summed E-state index contributed by atoms with van der Waals surface area (Å²) in [7, 11) is 3.95. The predicted molar refractivity (Wildman–Crippen MR) is 78.8 cm³/mol. The SMILES string of the molecule is CN1CCCN(C)c2ccc3ccccc3c2C1=O. The summed E-state index contributed by atoms with van der Waals surface area (Å²) in [5.41, 5.74) is 1.87. The second kappa shape index (κ2) is 4.57. The third-order valence-electron chi connectivity index (χ3n) is 3.87. The molecule has 0 aliphatic carbocycles. The average molecular weight is 254 g/mol. The minimum atomic E-state index is 0.123. The molecule has 0 spiro atoms. The molecule has 1 aliphatic heterocycles. The first-order valence-electron chi connectivity index (χ1n) is 6.67. The lowest BCUT2D eigenvalue weighted by atomic mass is 10.00. The fourth-order valence-electron chi connectivity index (χ4n) is 2.76. The van der Waals surface area contributed by atoms with E-state index in [1.165, 1.54) is 0 Å².